The lowest BCUT2D eigenvalue weighted by molar-refractivity contribution is 0.459. The molecular formula is C20H14AlFNO2. The lowest BCUT2D eigenvalue weighted by atomic mass is 10.1. The van der Waals surface area contributed by atoms with E-state index >= 15 is 0 Å². The second kappa shape index (κ2) is 6.72. The van der Waals surface area contributed by atoms with Crippen LogP contribution in [0.15, 0.2) is 66.7 Å². The molecule has 3 nitrogen and oxygen atoms in total. The van der Waals surface area contributed by atoms with Crippen molar-refractivity contribution < 1.29 is 12.0 Å². The van der Waals surface area contributed by atoms with Gasteiger partial charge in [0.2, 0.25) is 0 Å². The fraction of sp³-hybridized carbons (Fsp3) is 0.0500. The molecule has 1 aromatic heterocycles. The zero-order valence-electron chi connectivity index (χ0n) is 13.6. The van der Waals surface area contributed by atoms with Gasteiger partial charge >= 0.3 is 15.9 Å². The monoisotopic (exact) mass is 346 g/mol. The van der Waals surface area contributed by atoms with Crippen LogP contribution in [0.5, 0.6) is 11.5 Å². The summed E-state index contributed by atoms with van der Waals surface area (Å²) in [6.45, 7) is 1.89. The predicted molar refractivity (Wildman–Crippen MR) is 97.4 cm³/mol. The molecule has 0 aliphatic carbocycles. The first-order valence-corrected chi connectivity index (χ1v) is 8.84. The average molecular weight is 346 g/mol. The summed E-state index contributed by atoms with van der Waals surface area (Å²) in [5.74, 6) is 0.797. The molecule has 0 unspecified atom stereocenters. The van der Waals surface area contributed by atoms with E-state index in [9.17, 15) is 4.39 Å². The normalized spacial score (nSPS) is 10.8. The molecule has 4 aromatic rings. The van der Waals surface area contributed by atoms with Crippen LogP contribution in [-0.4, -0.2) is 20.9 Å². The molecule has 121 valence electrons. The van der Waals surface area contributed by atoms with E-state index in [0.717, 1.165) is 22.2 Å². The molecule has 0 amide bonds. The van der Waals surface area contributed by atoms with Gasteiger partial charge in [-0.25, -0.2) is 9.37 Å². The number of rotatable bonds is 4. The zero-order chi connectivity index (χ0) is 17.2. The number of fused-ring (bicyclic) bond motifs is 2. The Morgan fingerprint density at radius 3 is 2.52 bits per heavy atom. The molecule has 3 aromatic carbocycles. The molecule has 0 spiro atoms. The molecule has 4 rings (SSSR count). The van der Waals surface area contributed by atoms with E-state index in [0.29, 0.717) is 16.7 Å². The molecule has 0 aliphatic heterocycles. The summed E-state index contributed by atoms with van der Waals surface area (Å²) in [5, 5.41) is 2.97. The maximum Gasteiger partial charge on any atom is 0.881 e. The molecule has 0 N–H and O–H groups in total. The summed E-state index contributed by atoms with van der Waals surface area (Å²) >= 11 is -0.833. The third kappa shape index (κ3) is 3.44. The number of aryl methyl sites for hydroxylation is 1. The number of hydrogen-bond donors (Lipinski definition) is 0. The van der Waals surface area contributed by atoms with Gasteiger partial charge in [0.25, 0.3) is 0 Å². The first-order valence-electron chi connectivity index (χ1n) is 7.90. The van der Waals surface area contributed by atoms with Gasteiger partial charge in [0.05, 0.1) is 5.75 Å². The van der Waals surface area contributed by atoms with Crippen LogP contribution < -0.4 is 7.58 Å². The van der Waals surface area contributed by atoms with E-state index in [-0.39, 0.29) is 5.82 Å². The first-order chi connectivity index (χ1) is 12.2. The molecule has 5 heteroatoms. The number of pyridine rings is 1. The maximum atomic E-state index is 13.8. The van der Waals surface area contributed by atoms with Crippen molar-refractivity contribution in [3.63, 3.8) is 0 Å². The Morgan fingerprint density at radius 1 is 0.840 bits per heavy atom. The summed E-state index contributed by atoms with van der Waals surface area (Å²) in [6, 6.07) is 20.5. The smallest absolute Gasteiger partial charge is 0.616 e. The van der Waals surface area contributed by atoms with Crippen molar-refractivity contribution in [1.82, 2.24) is 4.98 Å². The average Bonchev–Trinajstić information content (AvgIpc) is 2.62. The lowest BCUT2D eigenvalue weighted by Gasteiger charge is -2.11. The fourth-order valence-corrected chi connectivity index (χ4v) is 3.32. The number of halogens is 1. The summed E-state index contributed by atoms with van der Waals surface area (Å²) < 4.78 is 25.3. The topological polar surface area (TPSA) is 31.4 Å². The SMILES string of the molecule is Cc1ccc2cc(F)cc([O][Al][O]c3ccc4ccccc4c3)c2n1. The van der Waals surface area contributed by atoms with Crippen molar-refractivity contribution in [1.29, 1.82) is 0 Å². The van der Waals surface area contributed by atoms with Gasteiger partial charge in [-0.05, 0) is 42.0 Å². The summed E-state index contributed by atoms with van der Waals surface area (Å²) in [4.78, 5) is 4.45. The molecule has 0 saturated heterocycles. The van der Waals surface area contributed by atoms with Gasteiger partial charge in [0.1, 0.15) is 17.1 Å². The van der Waals surface area contributed by atoms with Gasteiger partial charge in [0.15, 0.2) is 0 Å². The van der Waals surface area contributed by atoms with Crippen molar-refractivity contribution in [3.8, 4) is 11.5 Å². The summed E-state index contributed by atoms with van der Waals surface area (Å²) in [5.41, 5.74) is 1.51. The third-order valence-electron chi connectivity index (χ3n) is 3.94. The standard InChI is InChI=1S/C10H8FNO.C10H8O.Al/c1-6-2-3-7-4-8(11)5-9(13)10(7)12-6;11-10-6-5-8-3-1-2-4-9(8)7-10;/h2-5,13H,1H3;1-7,11H;/q;;+2/p-2. The minimum atomic E-state index is -0.833. The highest BCUT2D eigenvalue weighted by Crippen LogP contribution is 2.26. The summed E-state index contributed by atoms with van der Waals surface area (Å²) in [6.07, 6.45) is 0. The molecule has 0 aliphatic rings. The highest BCUT2D eigenvalue weighted by Gasteiger charge is 2.12. The lowest BCUT2D eigenvalue weighted by Crippen LogP contribution is -2.11. The highest BCUT2D eigenvalue weighted by molar-refractivity contribution is 6.21. The van der Waals surface area contributed by atoms with Crippen LogP contribution in [0.3, 0.4) is 0 Å². The molecule has 1 heterocycles. The Labute approximate surface area is 151 Å². The van der Waals surface area contributed by atoms with E-state index in [2.05, 4.69) is 11.1 Å². The number of benzene rings is 3. The molecule has 0 bridgehead atoms. The second-order valence-electron chi connectivity index (χ2n) is 5.77. The molecule has 0 fully saturated rings. The number of hydrogen-bond acceptors (Lipinski definition) is 3. The largest absolute Gasteiger partial charge is 0.881 e. The fourth-order valence-electron chi connectivity index (χ4n) is 2.73. The van der Waals surface area contributed by atoms with E-state index in [1.165, 1.54) is 12.1 Å². The second-order valence-corrected chi connectivity index (χ2v) is 6.43. The molecule has 0 atom stereocenters. The Morgan fingerprint density at radius 2 is 1.64 bits per heavy atom. The van der Waals surface area contributed by atoms with Gasteiger partial charge < -0.3 is 7.58 Å². The predicted octanol–water partition coefficient (Wildman–Crippen LogP) is 4.83. The van der Waals surface area contributed by atoms with E-state index in [1.54, 1.807) is 0 Å². The van der Waals surface area contributed by atoms with Crippen LogP contribution in [0.1, 0.15) is 5.69 Å². The van der Waals surface area contributed by atoms with Crippen molar-refractivity contribution in [2.75, 3.05) is 0 Å². The van der Waals surface area contributed by atoms with Gasteiger partial charge in [-0.3, -0.25) is 0 Å². The van der Waals surface area contributed by atoms with Crippen molar-refractivity contribution in [3.05, 3.63) is 78.2 Å². The van der Waals surface area contributed by atoms with Gasteiger partial charge in [-0.1, -0.05) is 36.4 Å². The van der Waals surface area contributed by atoms with Crippen molar-refractivity contribution in [2.24, 2.45) is 0 Å². The van der Waals surface area contributed by atoms with E-state index in [4.69, 9.17) is 7.58 Å². The minimum absolute atomic E-state index is 0.349. The number of aromatic nitrogens is 1. The number of nitrogens with zero attached hydrogens (tertiary/aromatic N) is 1. The van der Waals surface area contributed by atoms with Crippen LogP contribution in [0, 0.1) is 12.7 Å². The minimum Gasteiger partial charge on any atom is -0.616 e. The van der Waals surface area contributed by atoms with Crippen LogP contribution >= 0.6 is 0 Å². The van der Waals surface area contributed by atoms with Crippen molar-refractivity contribution in [2.45, 2.75) is 6.92 Å². The molecular weight excluding hydrogens is 332 g/mol. The van der Waals surface area contributed by atoms with E-state index in [1.807, 2.05) is 55.5 Å². The highest BCUT2D eigenvalue weighted by atomic mass is 27.2. The van der Waals surface area contributed by atoms with Crippen LogP contribution in [0.25, 0.3) is 21.7 Å². The molecule has 25 heavy (non-hydrogen) atoms. The first kappa shape index (κ1) is 15.9. The quantitative estimate of drug-likeness (QED) is 0.496. The maximum absolute atomic E-state index is 13.8. The van der Waals surface area contributed by atoms with Gasteiger partial charge in [-0.2, -0.15) is 0 Å². The Balaban J connectivity index is 1.54. The van der Waals surface area contributed by atoms with Crippen LogP contribution in [-0.2, 0) is 0 Å². The Bertz CT molecular complexity index is 1070. The third-order valence-corrected chi connectivity index (χ3v) is 4.66. The van der Waals surface area contributed by atoms with Gasteiger partial charge in [-0.15, -0.1) is 0 Å². The van der Waals surface area contributed by atoms with Crippen molar-refractivity contribution >= 4 is 37.6 Å². The molecule has 1 radical (unpaired) electrons. The Kier molecular flexibility index (Phi) is 4.27. The van der Waals surface area contributed by atoms with E-state index < -0.39 is 15.9 Å². The van der Waals surface area contributed by atoms with Gasteiger partial charge in [0, 0.05) is 17.1 Å². The van der Waals surface area contributed by atoms with Crippen LogP contribution in [0.4, 0.5) is 4.39 Å². The summed E-state index contributed by atoms with van der Waals surface area (Å²) in [7, 11) is 0. The zero-order valence-corrected chi connectivity index (χ0v) is 14.7. The Hall–Kier alpha value is -2.61. The van der Waals surface area contributed by atoms with Crippen LogP contribution in [0.2, 0.25) is 0 Å². The molecule has 0 saturated carbocycles.